The highest BCUT2D eigenvalue weighted by Gasteiger charge is 2.29. The molecular formula is C20H32N2O3. The van der Waals surface area contributed by atoms with Crippen LogP contribution >= 0.6 is 0 Å². The third-order valence-electron chi connectivity index (χ3n) is 4.44. The molecule has 0 saturated carbocycles. The van der Waals surface area contributed by atoms with Crippen molar-refractivity contribution in [3.63, 3.8) is 0 Å². The molecule has 1 heterocycles. The minimum absolute atomic E-state index is 0.197. The molecule has 1 aromatic carbocycles. The van der Waals surface area contributed by atoms with Gasteiger partial charge < -0.3 is 14.4 Å². The second-order valence-electron chi connectivity index (χ2n) is 7.65. The van der Waals surface area contributed by atoms with Crippen molar-refractivity contribution in [1.29, 1.82) is 0 Å². The molecule has 5 nitrogen and oxygen atoms in total. The van der Waals surface area contributed by atoms with Crippen molar-refractivity contribution in [2.45, 2.75) is 51.8 Å². The summed E-state index contributed by atoms with van der Waals surface area (Å²) in [5, 5.41) is 0. The van der Waals surface area contributed by atoms with Crippen molar-refractivity contribution in [2.24, 2.45) is 0 Å². The Hall–Kier alpha value is -1.59. The Kier molecular flexibility index (Phi) is 7.26. The Balaban J connectivity index is 1.91. The fourth-order valence-corrected chi connectivity index (χ4v) is 3.16. The largest absolute Gasteiger partial charge is 0.444 e. The quantitative estimate of drug-likeness (QED) is 0.789. The molecule has 0 atom stereocenters. The first-order chi connectivity index (χ1) is 11.9. The van der Waals surface area contributed by atoms with Crippen molar-refractivity contribution in [2.75, 3.05) is 33.4 Å². The Morgan fingerprint density at radius 2 is 1.84 bits per heavy atom. The number of ether oxygens (including phenoxy) is 2. The van der Waals surface area contributed by atoms with Crippen LogP contribution in [0.3, 0.4) is 0 Å². The van der Waals surface area contributed by atoms with Gasteiger partial charge in [0.2, 0.25) is 0 Å². The second kappa shape index (κ2) is 9.20. The lowest BCUT2D eigenvalue weighted by molar-refractivity contribution is 0.0118. The van der Waals surface area contributed by atoms with Crippen LogP contribution < -0.4 is 0 Å². The lowest BCUT2D eigenvalue weighted by Gasteiger charge is -2.39. The zero-order valence-electron chi connectivity index (χ0n) is 16.0. The Labute approximate surface area is 151 Å². The summed E-state index contributed by atoms with van der Waals surface area (Å²) >= 11 is 0. The monoisotopic (exact) mass is 348 g/mol. The number of piperidine rings is 1. The number of hydrogen-bond donors (Lipinski definition) is 0. The van der Waals surface area contributed by atoms with Gasteiger partial charge in [-0.1, -0.05) is 30.3 Å². The Bertz CT molecular complexity index is 519. The maximum absolute atomic E-state index is 12.2. The summed E-state index contributed by atoms with van der Waals surface area (Å²) in [5.41, 5.74) is 0.874. The third kappa shape index (κ3) is 6.67. The lowest BCUT2D eigenvalue weighted by Crippen LogP contribution is -2.48. The van der Waals surface area contributed by atoms with Crippen LogP contribution in [0.2, 0.25) is 0 Å². The number of likely N-dealkylation sites (tertiary alicyclic amines) is 1. The molecule has 0 unspecified atom stereocenters. The number of carbonyl (C=O) groups excluding carboxylic acids is 1. The molecule has 0 aliphatic carbocycles. The summed E-state index contributed by atoms with van der Waals surface area (Å²) in [4.78, 5) is 16.5. The zero-order valence-corrected chi connectivity index (χ0v) is 16.0. The van der Waals surface area contributed by atoms with Crippen molar-refractivity contribution in [3.05, 3.63) is 35.9 Å². The van der Waals surface area contributed by atoms with Gasteiger partial charge in [-0.3, -0.25) is 4.90 Å². The molecule has 0 aromatic heterocycles. The molecule has 1 aliphatic rings. The van der Waals surface area contributed by atoms with Crippen LogP contribution in [0.4, 0.5) is 4.79 Å². The predicted molar refractivity (Wildman–Crippen MR) is 99.6 cm³/mol. The van der Waals surface area contributed by atoms with Gasteiger partial charge in [-0.05, 0) is 39.2 Å². The molecule has 0 N–H and O–H groups in total. The number of methoxy groups -OCH3 is 1. The van der Waals surface area contributed by atoms with E-state index < -0.39 is 5.60 Å². The van der Waals surface area contributed by atoms with Crippen molar-refractivity contribution < 1.29 is 14.3 Å². The summed E-state index contributed by atoms with van der Waals surface area (Å²) in [6.45, 7) is 9.76. The molecule has 1 amide bonds. The molecule has 25 heavy (non-hydrogen) atoms. The Morgan fingerprint density at radius 3 is 2.40 bits per heavy atom. The first-order valence-corrected chi connectivity index (χ1v) is 9.14. The molecule has 1 aromatic rings. The molecule has 0 radical (unpaired) electrons. The number of amides is 1. The zero-order chi connectivity index (χ0) is 18.3. The molecule has 0 bridgehead atoms. The van der Waals surface area contributed by atoms with Crippen molar-refractivity contribution in [3.8, 4) is 0 Å². The van der Waals surface area contributed by atoms with Gasteiger partial charge in [0, 0.05) is 39.3 Å². The maximum atomic E-state index is 12.2. The van der Waals surface area contributed by atoms with Crippen molar-refractivity contribution >= 4 is 6.09 Å². The maximum Gasteiger partial charge on any atom is 0.410 e. The lowest BCUT2D eigenvalue weighted by atomic mass is 10.0. The number of benzene rings is 1. The normalized spacial score (nSPS) is 16.3. The molecule has 1 fully saturated rings. The van der Waals surface area contributed by atoms with Crippen LogP contribution in [-0.2, 0) is 16.0 Å². The highest BCUT2D eigenvalue weighted by molar-refractivity contribution is 5.68. The fraction of sp³-hybridized carbons (Fsp3) is 0.650. The molecule has 1 saturated heterocycles. The van der Waals surface area contributed by atoms with Gasteiger partial charge in [0.05, 0.1) is 6.61 Å². The summed E-state index contributed by atoms with van der Waals surface area (Å²) in [6, 6.07) is 11.0. The van der Waals surface area contributed by atoms with Crippen LogP contribution in [0.1, 0.15) is 39.2 Å². The van der Waals surface area contributed by atoms with E-state index >= 15 is 0 Å². The minimum atomic E-state index is -0.439. The summed E-state index contributed by atoms with van der Waals surface area (Å²) in [5.74, 6) is 0. The average molecular weight is 348 g/mol. The number of carbonyl (C=O) groups is 1. The van der Waals surface area contributed by atoms with Gasteiger partial charge in [0.25, 0.3) is 0 Å². The fourth-order valence-electron chi connectivity index (χ4n) is 3.16. The van der Waals surface area contributed by atoms with E-state index in [1.807, 2.05) is 31.7 Å². The standard InChI is InChI=1S/C20H32N2O3/c1-20(2,3)25-19(23)21-12-10-18(11-13-21)22(14-15-24-4)16-17-8-6-5-7-9-17/h5-9,18H,10-16H2,1-4H3. The molecule has 140 valence electrons. The number of hydrogen-bond acceptors (Lipinski definition) is 4. The van der Waals surface area contributed by atoms with Crippen LogP contribution in [0.15, 0.2) is 30.3 Å². The molecule has 5 heteroatoms. The van der Waals surface area contributed by atoms with Gasteiger partial charge in [-0.25, -0.2) is 4.79 Å². The summed E-state index contributed by atoms with van der Waals surface area (Å²) in [7, 11) is 1.74. The van der Waals surface area contributed by atoms with E-state index in [2.05, 4.69) is 29.2 Å². The van der Waals surface area contributed by atoms with Crippen LogP contribution in [0, 0.1) is 0 Å². The molecular weight excluding hydrogens is 316 g/mol. The van der Waals surface area contributed by atoms with Crippen LogP contribution in [-0.4, -0.2) is 60.9 Å². The smallest absolute Gasteiger partial charge is 0.410 e. The van der Waals surface area contributed by atoms with E-state index in [1.54, 1.807) is 7.11 Å². The second-order valence-corrected chi connectivity index (χ2v) is 7.65. The van der Waals surface area contributed by atoms with E-state index in [-0.39, 0.29) is 6.09 Å². The first-order valence-electron chi connectivity index (χ1n) is 9.14. The van der Waals surface area contributed by atoms with Crippen LogP contribution in [0.5, 0.6) is 0 Å². The molecule has 0 spiro atoms. The van der Waals surface area contributed by atoms with Gasteiger partial charge >= 0.3 is 6.09 Å². The highest BCUT2D eigenvalue weighted by atomic mass is 16.6. The summed E-state index contributed by atoms with van der Waals surface area (Å²) in [6.07, 6.45) is 1.74. The van der Waals surface area contributed by atoms with Crippen molar-refractivity contribution in [1.82, 2.24) is 9.80 Å². The average Bonchev–Trinajstić information content (AvgIpc) is 2.58. The summed E-state index contributed by atoms with van der Waals surface area (Å²) < 4.78 is 10.8. The van der Waals surface area contributed by atoms with Gasteiger partial charge in [-0.15, -0.1) is 0 Å². The number of rotatable bonds is 6. The first kappa shape index (κ1) is 19.7. The molecule has 1 aliphatic heterocycles. The van der Waals surface area contributed by atoms with E-state index in [0.717, 1.165) is 45.6 Å². The molecule has 2 rings (SSSR count). The topological polar surface area (TPSA) is 42.0 Å². The van der Waals surface area contributed by atoms with E-state index in [9.17, 15) is 4.79 Å². The SMILES string of the molecule is COCCN(Cc1ccccc1)C1CCN(C(=O)OC(C)(C)C)CC1. The van der Waals surface area contributed by atoms with Gasteiger partial charge in [0.1, 0.15) is 5.60 Å². The van der Waals surface area contributed by atoms with E-state index in [0.29, 0.717) is 6.04 Å². The minimum Gasteiger partial charge on any atom is -0.444 e. The third-order valence-corrected chi connectivity index (χ3v) is 4.44. The van der Waals surface area contributed by atoms with E-state index in [4.69, 9.17) is 9.47 Å². The predicted octanol–water partition coefficient (Wildman–Crippen LogP) is 3.53. The van der Waals surface area contributed by atoms with Crippen LogP contribution in [0.25, 0.3) is 0 Å². The van der Waals surface area contributed by atoms with Gasteiger partial charge in [0.15, 0.2) is 0 Å². The Morgan fingerprint density at radius 1 is 1.20 bits per heavy atom. The highest BCUT2D eigenvalue weighted by Crippen LogP contribution is 2.21. The van der Waals surface area contributed by atoms with Gasteiger partial charge in [-0.2, -0.15) is 0 Å². The number of nitrogens with zero attached hydrogens (tertiary/aromatic N) is 2. The van der Waals surface area contributed by atoms with E-state index in [1.165, 1.54) is 5.56 Å².